The number of esters is 1. The molecule has 2 rings (SSSR count). The van der Waals surface area contributed by atoms with Crippen molar-refractivity contribution in [2.75, 3.05) is 0 Å². The van der Waals surface area contributed by atoms with Crippen LogP contribution in [-0.4, -0.2) is 5.97 Å². The van der Waals surface area contributed by atoms with Gasteiger partial charge in [0.1, 0.15) is 5.75 Å². The fourth-order valence-electron chi connectivity index (χ4n) is 1.41. The van der Waals surface area contributed by atoms with Gasteiger partial charge < -0.3 is 9.57 Å². The first kappa shape index (κ1) is 10.5. The highest BCUT2D eigenvalue weighted by molar-refractivity contribution is 5.73. The first-order valence-corrected chi connectivity index (χ1v) is 5.23. The van der Waals surface area contributed by atoms with Crippen LogP contribution in [0.5, 0.6) is 11.5 Å². The van der Waals surface area contributed by atoms with E-state index in [1.165, 1.54) is 0 Å². The Hall–Kier alpha value is -1.97. The molecule has 0 bridgehead atoms. The molecule has 0 aromatic heterocycles. The third kappa shape index (κ3) is 2.34. The Kier molecular flexibility index (Phi) is 3.10. The number of hydrogen-bond donors (Lipinski definition) is 1. The van der Waals surface area contributed by atoms with Crippen LogP contribution in [0.1, 0.15) is 25.3 Å². The van der Waals surface area contributed by atoms with E-state index in [1.54, 1.807) is 18.3 Å². The number of carbonyl (C=O) groups excluding carboxylic acids is 1. The second-order valence-corrected chi connectivity index (χ2v) is 3.48. The summed E-state index contributed by atoms with van der Waals surface area (Å²) in [6.45, 7) is 1.94. The zero-order valence-electron chi connectivity index (χ0n) is 9.03. The van der Waals surface area contributed by atoms with E-state index in [1.807, 2.05) is 19.1 Å². The molecule has 16 heavy (non-hydrogen) atoms. The molecule has 1 aromatic rings. The summed E-state index contributed by atoms with van der Waals surface area (Å²) >= 11 is 0. The average molecular weight is 219 g/mol. The highest BCUT2D eigenvalue weighted by atomic mass is 16.6. The van der Waals surface area contributed by atoms with Crippen molar-refractivity contribution >= 4 is 12.0 Å². The quantitative estimate of drug-likeness (QED) is 0.625. The highest BCUT2D eigenvalue weighted by Crippen LogP contribution is 2.27. The van der Waals surface area contributed by atoms with Crippen molar-refractivity contribution in [3.8, 4) is 11.5 Å². The molecule has 1 N–H and O–H groups in total. The summed E-state index contributed by atoms with van der Waals surface area (Å²) in [5, 5.41) is 0. The van der Waals surface area contributed by atoms with Crippen LogP contribution in [0.3, 0.4) is 0 Å². The predicted molar refractivity (Wildman–Crippen MR) is 59.8 cm³/mol. The standard InChI is InChI=1S/C12H13NO3/c1-2-3-12(14)15-10-5-4-9-6-7-13-16-11(9)8-10/h4-8,13H,2-3H2,1H3. The monoisotopic (exact) mass is 219 g/mol. The summed E-state index contributed by atoms with van der Waals surface area (Å²) in [4.78, 5) is 16.5. The largest absolute Gasteiger partial charge is 0.426 e. The van der Waals surface area contributed by atoms with Crippen LogP contribution in [-0.2, 0) is 4.79 Å². The Morgan fingerprint density at radius 2 is 2.38 bits per heavy atom. The minimum atomic E-state index is -0.221. The van der Waals surface area contributed by atoms with Crippen LogP contribution in [0.4, 0.5) is 0 Å². The van der Waals surface area contributed by atoms with Crippen molar-refractivity contribution in [2.45, 2.75) is 19.8 Å². The van der Waals surface area contributed by atoms with Gasteiger partial charge in [0.15, 0.2) is 5.75 Å². The fourth-order valence-corrected chi connectivity index (χ4v) is 1.41. The van der Waals surface area contributed by atoms with Crippen molar-refractivity contribution in [2.24, 2.45) is 0 Å². The van der Waals surface area contributed by atoms with E-state index in [9.17, 15) is 4.79 Å². The van der Waals surface area contributed by atoms with Gasteiger partial charge in [0.05, 0.1) is 0 Å². The number of rotatable bonds is 3. The van der Waals surface area contributed by atoms with E-state index in [-0.39, 0.29) is 5.97 Å². The number of benzene rings is 1. The van der Waals surface area contributed by atoms with Crippen LogP contribution in [0.15, 0.2) is 24.4 Å². The molecule has 0 saturated heterocycles. The van der Waals surface area contributed by atoms with E-state index in [2.05, 4.69) is 5.48 Å². The Labute approximate surface area is 93.8 Å². The molecule has 1 aliphatic heterocycles. The lowest BCUT2D eigenvalue weighted by Gasteiger charge is -2.13. The van der Waals surface area contributed by atoms with Gasteiger partial charge in [0.25, 0.3) is 0 Å². The molecule has 1 heterocycles. The second kappa shape index (κ2) is 4.70. The van der Waals surface area contributed by atoms with Gasteiger partial charge in [-0.25, -0.2) is 5.48 Å². The van der Waals surface area contributed by atoms with Gasteiger partial charge in [-0.2, -0.15) is 0 Å². The van der Waals surface area contributed by atoms with Crippen LogP contribution >= 0.6 is 0 Å². The molecule has 4 heteroatoms. The van der Waals surface area contributed by atoms with Gasteiger partial charge in [-0.15, -0.1) is 0 Å². The molecule has 84 valence electrons. The Morgan fingerprint density at radius 3 is 3.19 bits per heavy atom. The topological polar surface area (TPSA) is 47.6 Å². The van der Waals surface area contributed by atoms with Crippen LogP contribution in [0.25, 0.3) is 6.08 Å². The van der Waals surface area contributed by atoms with E-state index >= 15 is 0 Å². The zero-order chi connectivity index (χ0) is 11.4. The number of ether oxygens (including phenoxy) is 1. The molecule has 0 atom stereocenters. The predicted octanol–water partition coefficient (Wildman–Crippen LogP) is 2.26. The maximum absolute atomic E-state index is 11.3. The normalized spacial score (nSPS) is 12.3. The van der Waals surface area contributed by atoms with Crippen LogP contribution < -0.4 is 15.1 Å². The smallest absolute Gasteiger partial charge is 0.311 e. The van der Waals surface area contributed by atoms with Crippen LogP contribution in [0.2, 0.25) is 0 Å². The lowest BCUT2D eigenvalue weighted by Crippen LogP contribution is -2.14. The van der Waals surface area contributed by atoms with Crippen molar-refractivity contribution in [3.63, 3.8) is 0 Å². The molecule has 0 saturated carbocycles. The van der Waals surface area contributed by atoms with Gasteiger partial charge in [-0.1, -0.05) is 6.92 Å². The second-order valence-electron chi connectivity index (χ2n) is 3.48. The lowest BCUT2D eigenvalue weighted by molar-refractivity contribution is -0.134. The molecule has 0 radical (unpaired) electrons. The summed E-state index contributed by atoms with van der Waals surface area (Å²) in [5.74, 6) is 0.945. The van der Waals surface area contributed by atoms with E-state index < -0.39 is 0 Å². The molecule has 0 aliphatic carbocycles. The number of hydrogen-bond acceptors (Lipinski definition) is 4. The van der Waals surface area contributed by atoms with Crippen molar-refractivity contribution in [3.05, 3.63) is 30.0 Å². The lowest BCUT2D eigenvalue weighted by atomic mass is 10.2. The molecular weight excluding hydrogens is 206 g/mol. The summed E-state index contributed by atoms with van der Waals surface area (Å²) in [7, 11) is 0. The van der Waals surface area contributed by atoms with Gasteiger partial charge >= 0.3 is 5.97 Å². The average Bonchev–Trinajstić information content (AvgIpc) is 2.29. The zero-order valence-corrected chi connectivity index (χ0v) is 9.03. The van der Waals surface area contributed by atoms with Crippen molar-refractivity contribution in [1.82, 2.24) is 5.48 Å². The molecule has 0 fully saturated rings. The number of fused-ring (bicyclic) bond motifs is 1. The van der Waals surface area contributed by atoms with E-state index in [0.29, 0.717) is 17.9 Å². The highest BCUT2D eigenvalue weighted by Gasteiger charge is 2.09. The Bertz CT molecular complexity index is 426. The Morgan fingerprint density at radius 1 is 1.50 bits per heavy atom. The van der Waals surface area contributed by atoms with E-state index in [4.69, 9.17) is 9.57 Å². The van der Waals surface area contributed by atoms with Crippen LogP contribution in [0, 0.1) is 0 Å². The van der Waals surface area contributed by atoms with Gasteiger partial charge in [-0.05, 0) is 24.6 Å². The van der Waals surface area contributed by atoms with E-state index in [0.717, 1.165) is 12.0 Å². The maximum atomic E-state index is 11.3. The third-order valence-electron chi connectivity index (χ3n) is 2.17. The number of hydroxylamine groups is 1. The molecule has 1 aliphatic rings. The minimum Gasteiger partial charge on any atom is -0.426 e. The molecule has 0 amide bonds. The first-order valence-electron chi connectivity index (χ1n) is 5.23. The number of carbonyl (C=O) groups is 1. The molecule has 0 unspecified atom stereocenters. The molecular formula is C12H13NO3. The first-order chi connectivity index (χ1) is 7.79. The van der Waals surface area contributed by atoms with Gasteiger partial charge in [-0.3, -0.25) is 4.79 Å². The summed E-state index contributed by atoms with van der Waals surface area (Å²) in [5.41, 5.74) is 3.58. The van der Waals surface area contributed by atoms with Crippen molar-refractivity contribution < 1.29 is 14.4 Å². The van der Waals surface area contributed by atoms with Gasteiger partial charge in [0.2, 0.25) is 0 Å². The van der Waals surface area contributed by atoms with Crippen molar-refractivity contribution in [1.29, 1.82) is 0 Å². The SMILES string of the molecule is CCCC(=O)Oc1ccc2c(c1)ONC=C2. The van der Waals surface area contributed by atoms with Gasteiger partial charge in [0, 0.05) is 24.3 Å². The third-order valence-corrected chi connectivity index (χ3v) is 2.17. The summed E-state index contributed by atoms with van der Waals surface area (Å²) in [6.07, 6.45) is 4.79. The fraction of sp³-hybridized carbons (Fsp3) is 0.250. The summed E-state index contributed by atoms with van der Waals surface area (Å²) < 4.78 is 5.15. The molecule has 1 aromatic carbocycles. The minimum absolute atomic E-state index is 0.221. The molecule has 0 spiro atoms. The summed E-state index contributed by atoms with van der Waals surface area (Å²) in [6, 6.07) is 5.30. The number of nitrogens with one attached hydrogen (secondary N) is 1. The maximum Gasteiger partial charge on any atom is 0.311 e. The Balaban J connectivity index is 2.12. The molecule has 4 nitrogen and oxygen atoms in total.